The highest BCUT2D eigenvalue weighted by atomic mass is 35.5. The zero-order valence-electron chi connectivity index (χ0n) is 17.2. The Morgan fingerprint density at radius 1 is 1.03 bits per heavy atom. The summed E-state index contributed by atoms with van der Waals surface area (Å²) in [6.45, 7) is 7.70. The monoisotopic (exact) mass is 456 g/mol. The maximum absolute atomic E-state index is 12.6. The van der Waals surface area contributed by atoms with Gasteiger partial charge in [-0.3, -0.25) is 4.79 Å². The molecule has 0 heterocycles. The quantitative estimate of drug-likeness (QED) is 0.663. The summed E-state index contributed by atoms with van der Waals surface area (Å²) in [4.78, 5) is 12.6. The molecule has 29 heavy (non-hydrogen) atoms. The van der Waals surface area contributed by atoms with Gasteiger partial charge in [-0.2, -0.15) is 4.31 Å². The number of halogens is 2. The molecule has 2 rings (SSSR count). The minimum absolute atomic E-state index is 0.0280. The van der Waals surface area contributed by atoms with Crippen LogP contribution in [-0.4, -0.2) is 31.4 Å². The third-order valence-corrected chi connectivity index (χ3v) is 6.79. The van der Waals surface area contributed by atoms with Crippen LogP contribution in [0.2, 0.25) is 10.0 Å². The standard InChI is InChI=1S/C21H26Cl2N2O3S/c1-13-8-15(3)18(9-14(13)2)16(4)24-21(26)12-25(29(5,27)28)11-17-6-7-19(22)20(23)10-17/h6-10,16H,11-12H2,1-5H3,(H,24,26)/t16-/m1/s1. The van der Waals surface area contributed by atoms with Gasteiger partial charge in [-0.1, -0.05) is 41.4 Å². The Bertz CT molecular complexity index is 1020. The maximum atomic E-state index is 12.6. The Balaban J connectivity index is 2.14. The van der Waals surface area contributed by atoms with Gasteiger partial charge in [0.25, 0.3) is 0 Å². The van der Waals surface area contributed by atoms with E-state index in [1.165, 1.54) is 5.56 Å². The van der Waals surface area contributed by atoms with Gasteiger partial charge < -0.3 is 5.32 Å². The van der Waals surface area contributed by atoms with E-state index in [1.54, 1.807) is 18.2 Å². The van der Waals surface area contributed by atoms with Crippen LogP contribution in [-0.2, 0) is 21.4 Å². The Hall–Kier alpha value is -1.60. The highest BCUT2D eigenvalue weighted by Gasteiger charge is 2.22. The molecule has 1 N–H and O–H groups in total. The molecule has 2 aromatic rings. The van der Waals surface area contributed by atoms with Crippen LogP contribution in [0, 0.1) is 20.8 Å². The highest BCUT2D eigenvalue weighted by Crippen LogP contribution is 2.24. The zero-order valence-corrected chi connectivity index (χ0v) is 19.5. The van der Waals surface area contributed by atoms with Crippen molar-refractivity contribution in [3.63, 3.8) is 0 Å². The molecule has 0 fully saturated rings. The molecule has 0 spiro atoms. The number of hydrogen-bond acceptors (Lipinski definition) is 3. The normalized spacial score (nSPS) is 12.8. The largest absolute Gasteiger partial charge is 0.348 e. The minimum Gasteiger partial charge on any atom is -0.348 e. The molecule has 8 heteroatoms. The lowest BCUT2D eigenvalue weighted by atomic mass is 9.96. The Kier molecular flexibility index (Phi) is 7.74. The molecule has 0 saturated heterocycles. The summed E-state index contributed by atoms with van der Waals surface area (Å²) in [7, 11) is -3.61. The van der Waals surface area contributed by atoms with Gasteiger partial charge in [-0.25, -0.2) is 8.42 Å². The summed E-state index contributed by atoms with van der Waals surface area (Å²) in [5.74, 6) is -0.374. The van der Waals surface area contributed by atoms with E-state index in [-0.39, 0.29) is 25.0 Å². The molecule has 0 saturated carbocycles. The van der Waals surface area contributed by atoms with Crippen LogP contribution in [0.25, 0.3) is 0 Å². The fraction of sp³-hybridized carbons (Fsp3) is 0.381. The van der Waals surface area contributed by atoms with Crippen molar-refractivity contribution in [3.05, 3.63) is 68.2 Å². The van der Waals surface area contributed by atoms with E-state index in [0.29, 0.717) is 15.6 Å². The van der Waals surface area contributed by atoms with Crippen LogP contribution in [0.15, 0.2) is 30.3 Å². The number of aryl methyl sites for hydroxylation is 3. The smallest absolute Gasteiger partial charge is 0.235 e. The Morgan fingerprint density at radius 3 is 2.24 bits per heavy atom. The number of carbonyl (C=O) groups is 1. The second-order valence-corrected chi connectivity index (χ2v) is 10.2. The van der Waals surface area contributed by atoms with E-state index in [0.717, 1.165) is 27.3 Å². The van der Waals surface area contributed by atoms with Gasteiger partial charge in [0.2, 0.25) is 15.9 Å². The summed E-state index contributed by atoms with van der Waals surface area (Å²) >= 11 is 11.9. The van der Waals surface area contributed by atoms with Crippen molar-refractivity contribution in [3.8, 4) is 0 Å². The van der Waals surface area contributed by atoms with E-state index in [2.05, 4.69) is 17.4 Å². The number of nitrogens with zero attached hydrogens (tertiary/aromatic N) is 1. The number of amides is 1. The van der Waals surface area contributed by atoms with Gasteiger partial charge in [0, 0.05) is 6.54 Å². The van der Waals surface area contributed by atoms with E-state index >= 15 is 0 Å². The summed E-state index contributed by atoms with van der Waals surface area (Å²) in [6, 6.07) is 8.78. The van der Waals surface area contributed by atoms with Crippen molar-refractivity contribution in [2.45, 2.75) is 40.3 Å². The second-order valence-electron chi connectivity index (χ2n) is 7.36. The average Bonchev–Trinajstić information content (AvgIpc) is 2.59. The van der Waals surface area contributed by atoms with Crippen molar-refractivity contribution in [2.24, 2.45) is 0 Å². The number of sulfonamides is 1. The fourth-order valence-electron chi connectivity index (χ4n) is 3.11. The third kappa shape index (κ3) is 6.44. The first-order valence-corrected chi connectivity index (χ1v) is 11.7. The van der Waals surface area contributed by atoms with Crippen molar-refractivity contribution in [2.75, 3.05) is 12.8 Å². The number of benzene rings is 2. The van der Waals surface area contributed by atoms with Crippen LogP contribution in [0.3, 0.4) is 0 Å². The number of hydrogen-bond donors (Lipinski definition) is 1. The predicted octanol–water partition coefficient (Wildman–Crippen LogP) is 4.56. The molecule has 158 valence electrons. The van der Waals surface area contributed by atoms with Gasteiger partial charge in [0.05, 0.1) is 28.9 Å². The fourth-order valence-corrected chi connectivity index (χ4v) is 4.16. The van der Waals surface area contributed by atoms with Crippen LogP contribution >= 0.6 is 23.2 Å². The zero-order chi connectivity index (χ0) is 21.9. The van der Waals surface area contributed by atoms with Crippen molar-refractivity contribution < 1.29 is 13.2 Å². The molecule has 0 bridgehead atoms. The first kappa shape index (κ1) is 23.7. The first-order valence-electron chi connectivity index (χ1n) is 9.14. The molecule has 2 aromatic carbocycles. The third-order valence-electron chi connectivity index (χ3n) is 4.86. The lowest BCUT2D eigenvalue weighted by molar-refractivity contribution is -0.122. The molecule has 0 aromatic heterocycles. The van der Waals surface area contributed by atoms with Crippen molar-refractivity contribution in [1.29, 1.82) is 0 Å². The Labute approximate surface area is 183 Å². The van der Waals surface area contributed by atoms with E-state index in [1.807, 2.05) is 27.7 Å². The molecular weight excluding hydrogens is 431 g/mol. The summed E-state index contributed by atoms with van der Waals surface area (Å²) in [6.07, 6.45) is 1.08. The van der Waals surface area contributed by atoms with Crippen LogP contribution in [0.1, 0.15) is 40.8 Å². The maximum Gasteiger partial charge on any atom is 0.235 e. The van der Waals surface area contributed by atoms with Gasteiger partial charge in [0.15, 0.2) is 0 Å². The SMILES string of the molecule is Cc1cc(C)c([C@@H](C)NC(=O)CN(Cc2ccc(Cl)c(Cl)c2)S(C)(=O)=O)cc1C. The molecule has 0 aliphatic rings. The van der Waals surface area contributed by atoms with E-state index in [9.17, 15) is 13.2 Å². The first-order chi connectivity index (χ1) is 13.4. The van der Waals surface area contributed by atoms with Gasteiger partial charge in [0.1, 0.15) is 0 Å². The molecule has 1 atom stereocenters. The average molecular weight is 457 g/mol. The number of rotatable bonds is 7. The second kappa shape index (κ2) is 9.47. The number of nitrogens with one attached hydrogen (secondary N) is 1. The molecule has 0 unspecified atom stereocenters. The summed E-state index contributed by atoms with van der Waals surface area (Å²) in [5, 5.41) is 3.62. The molecular formula is C21H26Cl2N2O3S. The molecule has 1 amide bonds. The van der Waals surface area contributed by atoms with E-state index in [4.69, 9.17) is 23.2 Å². The highest BCUT2D eigenvalue weighted by molar-refractivity contribution is 7.88. The van der Waals surface area contributed by atoms with Gasteiger partial charge >= 0.3 is 0 Å². The predicted molar refractivity (Wildman–Crippen MR) is 119 cm³/mol. The minimum atomic E-state index is -3.61. The van der Waals surface area contributed by atoms with Crippen LogP contribution in [0.4, 0.5) is 0 Å². The van der Waals surface area contributed by atoms with Gasteiger partial charge in [-0.15, -0.1) is 0 Å². The molecule has 5 nitrogen and oxygen atoms in total. The van der Waals surface area contributed by atoms with Crippen LogP contribution < -0.4 is 5.32 Å². The Morgan fingerprint density at radius 2 is 1.66 bits per heavy atom. The van der Waals surface area contributed by atoms with E-state index < -0.39 is 10.0 Å². The lowest BCUT2D eigenvalue weighted by Crippen LogP contribution is -2.40. The molecule has 0 radical (unpaired) electrons. The van der Waals surface area contributed by atoms with Crippen molar-refractivity contribution >= 4 is 39.1 Å². The molecule has 0 aliphatic carbocycles. The van der Waals surface area contributed by atoms with Crippen LogP contribution in [0.5, 0.6) is 0 Å². The summed E-state index contributed by atoms with van der Waals surface area (Å²) < 4.78 is 25.5. The number of carbonyl (C=O) groups excluding carboxylic acids is 1. The molecule has 0 aliphatic heterocycles. The lowest BCUT2D eigenvalue weighted by Gasteiger charge is -2.23. The summed E-state index contributed by atoms with van der Waals surface area (Å²) in [5.41, 5.74) is 5.07. The van der Waals surface area contributed by atoms with Crippen molar-refractivity contribution in [1.82, 2.24) is 9.62 Å². The topological polar surface area (TPSA) is 66.5 Å². The van der Waals surface area contributed by atoms with Gasteiger partial charge in [-0.05, 0) is 67.6 Å².